The van der Waals surface area contributed by atoms with Crippen molar-refractivity contribution >= 4 is 14.0 Å². The fourth-order valence-electron chi connectivity index (χ4n) is 2.22. The Hall–Kier alpha value is -0.563. The van der Waals surface area contributed by atoms with Gasteiger partial charge in [-0.25, -0.2) is 0 Å². The van der Waals surface area contributed by atoms with Crippen molar-refractivity contribution in [1.82, 2.24) is 0 Å². The summed E-state index contributed by atoms with van der Waals surface area (Å²) < 4.78 is 0. The van der Waals surface area contributed by atoms with Crippen molar-refractivity contribution in [3.63, 3.8) is 0 Å². The van der Waals surface area contributed by atoms with Crippen molar-refractivity contribution in [2.75, 3.05) is 0 Å². The molecule has 0 amide bonds. The molecular formula is C12H17Si. The molecule has 1 aliphatic rings. The molecule has 13 heavy (non-hydrogen) atoms. The summed E-state index contributed by atoms with van der Waals surface area (Å²) in [4.78, 5) is 0. The van der Waals surface area contributed by atoms with Crippen LogP contribution in [0, 0.1) is 6.92 Å². The van der Waals surface area contributed by atoms with E-state index >= 15 is 0 Å². The molecule has 1 radical (unpaired) electrons. The van der Waals surface area contributed by atoms with Crippen molar-refractivity contribution < 1.29 is 0 Å². The summed E-state index contributed by atoms with van der Waals surface area (Å²) in [6.07, 6.45) is 4.42. The van der Waals surface area contributed by atoms with Crippen LogP contribution in [-0.2, 0) is 0 Å². The monoisotopic (exact) mass is 189 g/mol. The normalized spacial score (nSPS) is 18.8. The molecular weight excluding hydrogens is 172 g/mol. The van der Waals surface area contributed by atoms with Crippen LogP contribution >= 0.6 is 0 Å². The fraction of sp³-hybridized carbons (Fsp3) is 0.500. The third-order valence-electron chi connectivity index (χ3n) is 2.98. The zero-order valence-corrected chi connectivity index (χ0v) is 9.34. The lowest BCUT2D eigenvalue weighted by Gasteiger charge is -2.21. The Balaban J connectivity index is 2.18. The predicted octanol–water partition coefficient (Wildman–Crippen LogP) is 2.88. The second-order valence-corrected chi connectivity index (χ2v) is 6.72. The number of hydrogen-bond acceptors (Lipinski definition) is 0. The molecule has 1 aliphatic heterocycles. The van der Waals surface area contributed by atoms with Crippen LogP contribution in [0.1, 0.15) is 24.8 Å². The van der Waals surface area contributed by atoms with Gasteiger partial charge in [0.15, 0.2) is 0 Å². The van der Waals surface area contributed by atoms with Gasteiger partial charge >= 0.3 is 0 Å². The smallest absolute Gasteiger partial charge is 0.0630 e. The van der Waals surface area contributed by atoms with Crippen molar-refractivity contribution in [2.24, 2.45) is 0 Å². The van der Waals surface area contributed by atoms with Gasteiger partial charge in [-0.2, -0.15) is 0 Å². The minimum Gasteiger partial charge on any atom is -0.0630 e. The van der Waals surface area contributed by atoms with Gasteiger partial charge in [0.25, 0.3) is 0 Å². The molecule has 2 rings (SSSR count). The second kappa shape index (κ2) is 4.10. The molecule has 0 nitrogen and oxygen atoms in total. The van der Waals surface area contributed by atoms with E-state index in [0.717, 1.165) is 0 Å². The standard InChI is InChI=1S/C12H17Si/c1-11-7-3-4-8-12(11)13-9-5-2-6-10-13/h3-4,7-8H,2,5-6,9-10H2,1H3. The van der Waals surface area contributed by atoms with E-state index in [1.165, 1.54) is 36.9 Å². The molecule has 69 valence electrons. The number of benzene rings is 1. The molecule has 0 atom stereocenters. The third-order valence-corrected chi connectivity index (χ3v) is 6.22. The van der Waals surface area contributed by atoms with Gasteiger partial charge in [0.1, 0.15) is 0 Å². The Labute approximate surface area is 82.6 Å². The first-order valence-electron chi connectivity index (χ1n) is 5.28. The molecule has 0 N–H and O–H groups in total. The second-order valence-electron chi connectivity index (χ2n) is 3.98. The van der Waals surface area contributed by atoms with Crippen LogP contribution in [0.5, 0.6) is 0 Å². The first-order valence-corrected chi connectivity index (χ1v) is 7.20. The van der Waals surface area contributed by atoms with Crippen molar-refractivity contribution in [2.45, 2.75) is 38.3 Å². The highest BCUT2D eigenvalue weighted by molar-refractivity contribution is 6.73. The average molecular weight is 189 g/mol. The lowest BCUT2D eigenvalue weighted by atomic mass is 10.2. The van der Waals surface area contributed by atoms with Crippen LogP contribution in [0.15, 0.2) is 24.3 Å². The topological polar surface area (TPSA) is 0 Å². The van der Waals surface area contributed by atoms with Crippen molar-refractivity contribution in [1.29, 1.82) is 0 Å². The molecule has 0 unspecified atom stereocenters. The summed E-state index contributed by atoms with van der Waals surface area (Å²) in [5.74, 6) is 0. The zero-order valence-electron chi connectivity index (χ0n) is 8.34. The maximum Gasteiger partial charge on any atom is 0.0860 e. The van der Waals surface area contributed by atoms with E-state index in [2.05, 4.69) is 31.2 Å². The first kappa shape index (κ1) is 9.01. The van der Waals surface area contributed by atoms with E-state index in [9.17, 15) is 0 Å². The van der Waals surface area contributed by atoms with Crippen molar-refractivity contribution in [3.8, 4) is 0 Å². The van der Waals surface area contributed by atoms with Gasteiger partial charge in [0, 0.05) is 0 Å². The highest BCUT2D eigenvalue weighted by atomic mass is 28.3. The summed E-state index contributed by atoms with van der Waals surface area (Å²) in [6, 6.07) is 12.0. The maximum absolute atomic E-state index is 2.36. The predicted molar refractivity (Wildman–Crippen MR) is 60.0 cm³/mol. The van der Waals surface area contributed by atoms with Gasteiger partial charge in [-0.05, 0) is 6.92 Å². The van der Waals surface area contributed by atoms with Crippen molar-refractivity contribution in [3.05, 3.63) is 29.8 Å². The number of aryl methyl sites for hydroxylation is 1. The summed E-state index contributed by atoms with van der Waals surface area (Å²) in [7, 11) is -0.156. The molecule has 1 aromatic rings. The maximum atomic E-state index is 2.36. The van der Waals surface area contributed by atoms with Gasteiger partial charge in [0.05, 0.1) is 8.80 Å². The van der Waals surface area contributed by atoms with E-state index in [4.69, 9.17) is 0 Å². The minimum atomic E-state index is -0.156. The van der Waals surface area contributed by atoms with Gasteiger partial charge in [-0.1, -0.05) is 66.4 Å². The molecule has 0 bridgehead atoms. The Morgan fingerprint density at radius 2 is 1.69 bits per heavy atom. The molecule has 0 aromatic heterocycles. The largest absolute Gasteiger partial charge is 0.0860 e. The molecule has 1 aromatic carbocycles. The van der Waals surface area contributed by atoms with E-state index in [1.54, 1.807) is 5.19 Å². The lowest BCUT2D eigenvalue weighted by Crippen LogP contribution is -2.33. The van der Waals surface area contributed by atoms with E-state index < -0.39 is 0 Å². The van der Waals surface area contributed by atoms with E-state index in [1.807, 2.05) is 0 Å². The Morgan fingerprint density at radius 3 is 2.38 bits per heavy atom. The fourth-order valence-corrected chi connectivity index (χ4v) is 5.33. The molecule has 1 heterocycles. The van der Waals surface area contributed by atoms with E-state index in [-0.39, 0.29) is 8.80 Å². The highest BCUT2D eigenvalue weighted by Crippen LogP contribution is 2.19. The van der Waals surface area contributed by atoms with E-state index in [0.29, 0.717) is 0 Å². The van der Waals surface area contributed by atoms with Crippen LogP contribution in [-0.4, -0.2) is 8.80 Å². The Kier molecular flexibility index (Phi) is 2.84. The van der Waals surface area contributed by atoms with Crippen LogP contribution in [0.25, 0.3) is 0 Å². The summed E-state index contributed by atoms with van der Waals surface area (Å²) in [5.41, 5.74) is 1.53. The molecule has 0 saturated carbocycles. The van der Waals surface area contributed by atoms with Crippen LogP contribution in [0.3, 0.4) is 0 Å². The van der Waals surface area contributed by atoms with Crippen LogP contribution < -0.4 is 5.19 Å². The van der Waals surface area contributed by atoms with Gasteiger partial charge in [-0.15, -0.1) is 0 Å². The quantitative estimate of drug-likeness (QED) is 0.596. The van der Waals surface area contributed by atoms with Crippen LogP contribution in [0.2, 0.25) is 12.1 Å². The zero-order chi connectivity index (χ0) is 9.10. The SMILES string of the molecule is Cc1ccccc1[Si]1CCCCC1. The average Bonchev–Trinajstić information content (AvgIpc) is 2.20. The molecule has 1 saturated heterocycles. The van der Waals surface area contributed by atoms with Gasteiger partial charge in [-0.3, -0.25) is 0 Å². The number of rotatable bonds is 1. The van der Waals surface area contributed by atoms with Gasteiger partial charge < -0.3 is 0 Å². The Bertz CT molecular complexity index is 274. The molecule has 1 fully saturated rings. The summed E-state index contributed by atoms with van der Waals surface area (Å²) in [6.45, 7) is 2.27. The third kappa shape index (κ3) is 2.02. The minimum absolute atomic E-state index is 0.156. The highest BCUT2D eigenvalue weighted by Gasteiger charge is 2.18. The molecule has 0 aliphatic carbocycles. The Morgan fingerprint density at radius 1 is 1.00 bits per heavy atom. The van der Waals surface area contributed by atoms with Gasteiger partial charge in [0.2, 0.25) is 0 Å². The number of hydrogen-bond donors (Lipinski definition) is 0. The summed E-state index contributed by atoms with van der Waals surface area (Å²) in [5, 5.41) is 1.70. The van der Waals surface area contributed by atoms with Crippen LogP contribution in [0.4, 0.5) is 0 Å². The molecule has 0 spiro atoms. The molecule has 1 heteroatoms. The summed E-state index contributed by atoms with van der Waals surface area (Å²) >= 11 is 0. The lowest BCUT2D eigenvalue weighted by molar-refractivity contribution is 0.727. The first-order chi connectivity index (χ1) is 6.38.